The summed E-state index contributed by atoms with van der Waals surface area (Å²) >= 11 is 0. The quantitative estimate of drug-likeness (QED) is 0.553. The molecule has 4 heteroatoms. The van der Waals surface area contributed by atoms with Gasteiger partial charge in [0.15, 0.2) is 0 Å². The summed E-state index contributed by atoms with van der Waals surface area (Å²) in [6, 6.07) is 15.9. The molecule has 4 nitrogen and oxygen atoms in total. The van der Waals surface area contributed by atoms with E-state index in [-0.39, 0.29) is 0 Å². The summed E-state index contributed by atoms with van der Waals surface area (Å²) in [6.07, 6.45) is 7.79. The highest BCUT2D eigenvalue weighted by Crippen LogP contribution is 2.45. The molecule has 2 fully saturated rings. The van der Waals surface area contributed by atoms with E-state index in [9.17, 15) is 0 Å². The molecule has 0 bridgehead atoms. The van der Waals surface area contributed by atoms with Gasteiger partial charge in [-0.05, 0) is 92.7 Å². The predicted molar refractivity (Wildman–Crippen MR) is 123 cm³/mol. The lowest BCUT2D eigenvalue weighted by molar-refractivity contribution is 0.204. The van der Waals surface area contributed by atoms with Crippen molar-refractivity contribution in [2.24, 2.45) is 0 Å². The zero-order valence-electron chi connectivity index (χ0n) is 18.1. The summed E-state index contributed by atoms with van der Waals surface area (Å²) < 4.78 is 6.21. The molecule has 0 unspecified atom stereocenters. The number of rotatable bonds is 6. The van der Waals surface area contributed by atoms with Gasteiger partial charge in [0.05, 0.1) is 6.61 Å². The van der Waals surface area contributed by atoms with Crippen molar-refractivity contribution in [3.63, 3.8) is 0 Å². The number of hydrogen-bond acceptors (Lipinski definition) is 4. The van der Waals surface area contributed by atoms with Crippen LogP contribution in [0.3, 0.4) is 0 Å². The zero-order chi connectivity index (χ0) is 20.3. The largest absolute Gasteiger partial charge is 0.494 e. The van der Waals surface area contributed by atoms with Crippen molar-refractivity contribution in [3.05, 3.63) is 59.2 Å². The first kappa shape index (κ1) is 19.9. The first-order valence-corrected chi connectivity index (χ1v) is 11.9. The molecule has 0 radical (unpaired) electrons. The third kappa shape index (κ3) is 4.21. The van der Waals surface area contributed by atoms with E-state index >= 15 is 0 Å². The molecule has 3 aliphatic heterocycles. The third-order valence-corrected chi connectivity index (χ3v) is 7.25. The van der Waals surface area contributed by atoms with Crippen LogP contribution in [-0.4, -0.2) is 49.1 Å². The summed E-state index contributed by atoms with van der Waals surface area (Å²) in [5, 5.41) is 0. The Morgan fingerprint density at radius 3 is 2.57 bits per heavy atom. The number of benzene rings is 2. The Kier molecular flexibility index (Phi) is 5.96. The molecular formula is C26H35N3O. The van der Waals surface area contributed by atoms with Crippen LogP contribution in [0.15, 0.2) is 42.5 Å². The van der Waals surface area contributed by atoms with Crippen LogP contribution in [0.5, 0.6) is 5.75 Å². The van der Waals surface area contributed by atoms with E-state index in [2.05, 4.69) is 40.1 Å². The number of fused-ring (bicyclic) bond motifs is 3. The second kappa shape index (κ2) is 8.99. The van der Waals surface area contributed by atoms with Gasteiger partial charge in [0.25, 0.3) is 0 Å². The van der Waals surface area contributed by atoms with E-state index in [1.807, 2.05) is 12.1 Å². The lowest BCUT2D eigenvalue weighted by Crippen LogP contribution is -2.34. The molecular weight excluding hydrogens is 370 g/mol. The lowest BCUT2D eigenvalue weighted by Gasteiger charge is -2.37. The van der Waals surface area contributed by atoms with Gasteiger partial charge in [0.2, 0.25) is 0 Å². The maximum absolute atomic E-state index is 6.21. The van der Waals surface area contributed by atoms with E-state index < -0.39 is 0 Å². The maximum atomic E-state index is 6.21. The zero-order valence-corrected chi connectivity index (χ0v) is 18.1. The van der Waals surface area contributed by atoms with Gasteiger partial charge in [-0.3, -0.25) is 4.90 Å². The first-order valence-electron chi connectivity index (χ1n) is 11.9. The van der Waals surface area contributed by atoms with E-state index in [0.29, 0.717) is 12.0 Å². The highest BCUT2D eigenvalue weighted by Gasteiger charge is 2.36. The monoisotopic (exact) mass is 405 g/mol. The molecule has 0 saturated carbocycles. The summed E-state index contributed by atoms with van der Waals surface area (Å²) in [6.45, 7) is 6.82. The van der Waals surface area contributed by atoms with Gasteiger partial charge in [0, 0.05) is 30.7 Å². The van der Waals surface area contributed by atoms with Gasteiger partial charge in [-0.1, -0.05) is 24.6 Å². The van der Waals surface area contributed by atoms with Crippen molar-refractivity contribution >= 4 is 5.69 Å². The number of ether oxygens (including phenoxy) is 1. The smallest absolute Gasteiger partial charge is 0.119 e. The molecule has 2 aromatic carbocycles. The Balaban J connectivity index is 1.29. The van der Waals surface area contributed by atoms with Crippen molar-refractivity contribution in [1.29, 1.82) is 0 Å². The summed E-state index contributed by atoms with van der Waals surface area (Å²) in [5.74, 6) is 1.46. The number of likely N-dealkylation sites (tertiary alicyclic amines) is 1. The average molecular weight is 406 g/mol. The SMILES string of the molecule is Nc1ccc([C@@H]2CN3CCC[C@@H]3c3cc(OCCCN4CCCCC4)ccc32)cc1. The van der Waals surface area contributed by atoms with Gasteiger partial charge in [-0.25, -0.2) is 0 Å². The van der Waals surface area contributed by atoms with Crippen LogP contribution < -0.4 is 10.5 Å². The Morgan fingerprint density at radius 1 is 0.900 bits per heavy atom. The highest BCUT2D eigenvalue weighted by molar-refractivity contribution is 5.48. The van der Waals surface area contributed by atoms with E-state index in [0.717, 1.165) is 31.0 Å². The normalized spacial score (nSPS) is 24.4. The summed E-state index contributed by atoms with van der Waals surface area (Å²) in [5.41, 5.74) is 11.1. The number of piperidine rings is 1. The second-order valence-electron chi connectivity index (χ2n) is 9.27. The molecule has 3 heterocycles. The van der Waals surface area contributed by atoms with Gasteiger partial charge in [-0.2, -0.15) is 0 Å². The fourth-order valence-electron chi connectivity index (χ4n) is 5.65. The average Bonchev–Trinajstić information content (AvgIpc) is 3.26. The van der Waals surface area contributed by atoms with Crippen LogP contribution in [0, 0.1) is 0 Å². The van der Waals surface area contributed by atoms with Crippen LogP contribution in [0.4, 0.5) is 5.69 Å². The van der Waals surface area contributed by atoms with Crippen molar-refractivity contribution in [2.45, 2.75) is 50.5 Å². The fourth-order valence-corrected chi connectivity index (χ4v) is 5.65. The van der Waals surface area contributed by atoms with Crippen LogP contribution >= 0.6 is 0 Å². The van der Waals surface area contributed by atoms with E-state index in [1.54, 1.807) is 0 Å². The van der Waals surface area contributed by atoms with Crippen LogP contribution in [0.1, 0.15) is 67.2 Å². The van der Waals surface area contributed by atoms with Crippen LogP contribution in [0.2, 0.25) is 0 Å². The highest BCUT2D eigenvalue weighted by atomic mass is 16.5. The van der Waals surface area contributed by atoms with E-state index in [4.69, 9.17) is 10.5 Å². The predicted octanol–water partition coefficient (Wildman–Crippen LogP) is 4.81. The first-order chi connectivity index (χ1) is 14.8. The van der Waals surface area contributed by atoms with Crippen molar-refractivity contribution < 1.29 is 4.74 Å². The molecule has 30 heavy (non-hydrogen) atoms. The van der Waals surface area contributed by atoms with Crippen LogP contribution in [-0.2, 0) is 0 Å². The fraction of sp³-hybridized carbons (Fsp3) is 0.538. The Labute approximate surface area is 181 Å². The Bertz CT molecular complexity index is 844. The standard InChI is InChI=1S/C26H35N3O/c27-21-9-7-20(8-10-21)25-19-29-16-4-6-26(29)24-18-22(11-12-23(24)25)30-17-5-15-28-13-2-1-3-14-28/h7-12,18,25-26H,1-6,13-17,19,27H2/t25-,26+/m0/s1. The topological polar surface area (TPSA) is 41.7 Å². The molecule has 0 aliphatic carbocycles. The molecule has 0 amide bonds. The molecule has 2 N–H and O–H groups in total. The van der Waals surface area contributed by atoms with E-state index in [1.165, 1.54) is 75.0 Å². The molecule has 2 saturated heterocycles. The summed E-state index contributed by atoms with van der Waals surface area (Å²) in [4.78, 5) is 5.26. The Morgan fingerprint density at radius 2 is 1.73 bits per heavy atom. The van der Waals surface area contributed by atoms with Crippen molar-refractivity contribution in [1.82, 2.24) is 9.80 Å². The molecule has 3 aliphatic rings. The van der Waals surface area contributed by atoms with Gasteiger partial charge in [-0.15, -0.1) is 0 Å². The van der Waals surface area contributed by atoms with Crippen molar-refractivity contribution in [2.75, 3.05) is 45.1 Å². The molecule has 0 aromatic heterocycles. The molecule has 2 atom stereocenters. The van der Waals surface area contributed by atoms with Gasteiger partial charge in [0.1, 0.15) is 5.75 Å². The molecule has 5 rings (SSSR count). The number of nitrogen functional groups attached to an aromatic ring is 1. The molecule has 160 valence electrons. The number of nitrogens with zero attached hydrogens (tertiary/aromatic N) is 2. The second-order valence-corrected chi connectivity index (χ2v) is 9.27. The minimum atomic E-state index is 0.420. The van der Waals surface area contributed by atoms with Gasteiger partial charge >= 0.3 is 0 Å². The van der Waals surface area contributed by atoms with Crippen LogP contribution in [0.25, 0.3) is 0 Å². The number of nitrogens with two attached hydrogens (primary N) is 1. The Hall–Kier alpha value is -2.04. The van der Waals surface area contributed by atoms with Gasteiger partial charge < -0.3 is 15.4 Å². The number of anilines is 1. The molecule has 2 aromatic rings. The van der Waals surface area contributed by atoms with Crippen molar-refractivity contribution in [3.8, 4) is 5.75 Å². The summed E-state index contributed by atoms with van der Waals surface area (Å²) in [7, 11) is 0. The lowest BCUT2D eigenvalue weighted by atomic mass is 9.81. The minimum Gasteiger partial charge on any atom is -0.494 e. The molecule has 0 spiro atoms. The third-order valence-electron chi connectivity index (χ3n) is 7.25. The number of hydrogen-bond donors (Lipinski definition) is 1. The maximum Gasteiger partial charge on any atom is 0.119 e. The minimum absolute atomic E-state index is 0.420.